The standard InChI is InChI=1S/C24H33N5O3.C2HF3O2/c1-27-21-14-18(17-8-12-28(13-9-17)15-16-6-10-25-11-7-16)2-3-19(21)29(24(27)32)20-4-5-22(30)26-23(20)31;3-2(4,5)1(6)7/h2-3,14,16-17,20,25H,4-13,15H2,1H3,(H,26,30,31);(H,6,7). The molecule has 5 rings (SSSR count). The number of aromatic nitrogens is 2. The summed E-state index contributed by atoms with van der Waals surface area (Å²) in [7, 11) is 1.76. The molecule has 1 unspecified atom stereocenters. The van der Waals surface area contributed by atoms with Crippen molar-refractivity contribution in [2.24, 2.45) is 13.0 Å². The van der Waals surface area contributed by atoms with Crippen LogP contribution in [0.3, 0.4) is 0 Å². The van der Waals surface area contributed by atoms with Crippen molar-refractivity contribution in [1.29, 1.82) is 0 Å². The molecule has 0 bridgehead atoms. The second kappa shape index (κ2) is 11.9. The van der Waals surface area contributed by atoms with Crippen molar-refractivity contribution in [2.45, 2.75) is 56.7 Å². The van der Waals surface area contributed by atoms with Crippen molar-refractivity contribution in [3.8, 4) is 0 Å². The van der Waals surface area contributed by atoms with Gasteiger partial charge < -0.3 is 15.3 Å². The molecular formula is C26H34F3N5O5. The summed E-state index contributed by atoms with van der Waals surface area (Å²) in [5, 5.41) is 12.9. The van der Waals surface area contributed by atoms with Crippen LogP contribution in [0.2, 0.25) is 0 Å². The topological polar surface area (TPSA) is 126 Å². The van der Waals surface area contributed by atoms with E-state index in [0.717, 1.165) is 56.0 Å². The first-order valence-corrected chi connectivity index (χ1v) is 13.2. The highest BCUT2D eigenvalue weighted by molar-refractivity contribution is 6.00. The molecule has 3 fully saturated rings. The Hall–Kier alpha value is -3.19. The second-order valence-electron chi connectivity index (χ2n) is 10.5. The number of aliphatic carboxylic acids is 1. The number of nitrogens with one attached hydrogen (secondary N) is 2. The van der Waals surface area contributed by atoms with Crippen LogP contribution in [0.25, 0.3) is 11.0 Å². The highest BCUT2D eigenvalue weighted by Gasteiger charge is 2.38. The Labute approximate surface area is 223 Å². The number of rotatable bonds is 4. The smallest absolute Gasteiger partial charge is 0.475 e. The van der Waals surface area contributed by atoms with Gasteiger partial charge in [-0.2, -0.15) is 13.2 Å². The van der Waals surface area contributed by atoms with Crippen molar-refractivity contribution in [3.63, 3.8) is 0 Å². The van der Waals surface area contributed by atoms with Crippen LogP contribution in [-0.2, 0) is 21.4 Å². The van der Waals surface area contributed by atoms with Gasteiger partial charge >= 0.3 is 17.8 Å². The van der Waals surface area contributed by atoms with E-state index in [2.05, 4.69) is 27.7 Å². The third kappa shape index (κ3) is 6.70. The Kier molecular flexibility index (Phi) is 8.80. The Morgan fingerprint density at radius 3 is 2.26 bits per heavy atom. The number of likely N-dealkylation sites (tertiary alicyclic amines) is 1. The Morgan fingerprint density at radius 2 is 1.67 bits per heavy atom. The summed E-state index contributed by atoms with van der Waals surface area (Å²) in [6.07, 6.45) is 0.383. The average molecular weight is 554 g/mol. The van der Waals surface area contributed by atoms with Gasteiger partial charge in [0.15, 0.2) is 0 Å². The van der Waals surface area contributed by atoms with E-state index in [1.165, 1.54) is 24.9 Å². The van der Waals surface area contributed by atoms with Crippen molar-refractivity contribution in [2.75, 3.05) is 32.7 Å². The number of piperidine rings is 3. The summed E-state index contributed by atoms with van der Waals surface area (Å²) in [5.41, 5.74) is 2.69. The predicted molar refractivity (Wildman–Crippen MR) is 136 cm³/mol. The lowest BCUT2D eigenvalue weighted by molar-refractivity contribution is -0.192. The minimum absolute atomic E-state index is 0.205. The van der Waals surface area contributed by atoms with Crippen LogP contribution in [0.15, 0.2) is 23.0 Å². The van der Waals surface area contributed by atoms with Crippen molar-refractivity contribution in [3.05, 3.63) is 34.2 Å². The molecule has 1 atom stereocenters. The number of nitrogens with zero attached hydrogens (tertiary/aromatic N) is 3. The summed E-state index contributed by atoms with van der Waals surface area (Å²) in [6.45, 7) is 5.78. The summed E-state index contributed by atoms with van der Waals surface area (Å²) in [6, 6.07) is 5.61. The van der Waals surface area contributed by atoms with Crippen LogP contribution in [0.1, 0.15) is 56.0 Å². The molecule has 3 N–H and O–H groups in total. The summed E-state index contributed by atoms with van der Waals surface area (Å²) >= 11 is 0. The van der Waals surface area contributed by atoms with Crippen LogP contribution >= 0.6 is 0 Å². The number of carboxylic acid groups (broad SMARTS) is 1. The molecule has 214 valence electrons. The number of hydrogen-bond donors (Lipinski definition) is 3. The maximum Gasteiger partial charge on any atom is 0.490 e. The predicted octanol–water partition coefficient (Wildman–Crippen LogP) is 2.13. The molecule has 39 heavy (non-hydrogen) atoms. The number of imidazole rings is 1. The zero-order chi connectivity index (χ0) is 28.3. The van der Waals surface area contributed by atoms with E-state index in [9.17, 15) is 27.6 Å². The molecule has 1 aromatic heterocycles. The van der Waals surface area contributed by atoms with Crippen LogP contribution in [-0.4, -0.2) is 75.8 Å². The lowest BCUT2D eigenvalue weighted by Crippen LogP contribution is -2.44. The Balaban J connectivity index is 0.000000448. The summed E-state index contributed by atoms with van der Waals surface area (Å²) in [5.74, 6) is -2.09. The minimum Gasteiger partial charge on any atom is -0.475 e. The first-order chi connectivity index (χ1) is 18.5. The normalized spacial score (nSPS) is 21.9. The number of imide groups is 1. The molecule has 3 saturated heterocycles. The summed E-state index contributed by atoms with van der Waals surface area (Å²) < 4.78 is 34.9. The maximum atomic E-state index is 13.0. The lowest BCUT2D eigenvalue weighted by Gasteiger charge is -2.35. The number of carboxylic acids is 1. The van der Waals surface area contributed by atoms with E-state index < -0.39 is 18.2 Å². The first kappa shape index (κ1) is 28.8. The minimum atomic E-state index is -5.08. The molecule has 3 aliphatic heterocycles. The molecule has 2 aromatic rings. The third-order valence-electron chi connectivity index (χ3n) is 7.91. The van der Waals surface area contributed by atoms with Gasteiger partial charge in [-0.25, -0.2) is 9.59 Å². The number of halogens is 3. The Bertz CT molecular complexity index is 1270. The van der Waals surface area contributed by atoms with Crippen molar-refractivity contribution in [1.82, 2.24) is 24.7 Å². The third-order valence-corrected chi connectivity index (χ3v) is 7.91. The van der Waals surface area contributed by atoms with Gasteiger partial charge in [0, 0.05) is 20.0 Å². The van der Waals surface area contributed by atoms with Crippen LogP contribution in [0, 0.1) is 5.92 Å². The molecule has 0 radical (unpaired) electrons. The van der Waals surface area contributed by atoms with E-state index >= 15 is 0 Å². The molecule has 0 aliphatic carbocycles. The first-order valence-electron chi connectivity index (χ1n) is 13.2. The molecule has 2 amide bonds. The summed E-state index contributed by atoms with van der Waals surface area (Å²) in [4.78, 5) is 48.4. The number of aryl methyl sites for hydroxylation is 1. The van der Waals surface area contributed by atoms with Gasteiger partial charge in [-0.1, -0.05) is 6.07 Å². The second-order valence-corrected chi connectivity index (χ2v) is 10.5. The largest absolute Gasteiger partial charge is 0.490 e. The van der Waals surface area contributed by atoms with E-state index in [-0.39, 0.29) is 23.9 Å². The van der Waals surface area contributed by atoms with Crippen LogP contribution in [0.4, 0.5) is 13.2 Å². The molecular weight excluding hydrogens is 519 g/mol. The monoisotopic (exact) mass is 553 g/mol. The number of benzene rings is 1. The SMILES string of the molecule is Cn1c(=O)n(C2CCC(=O)NC2=O)c2ccc(C3CCN(CC4CCNCC4)CC3)cc21.O=C(O)C(F)(F)F. The number of carbonyl (C=O) groups is 3. The van der Waals surface area contributed by atoms with E-state index in [0.29, 0.717) is 12.3 Å². The van der Waals surface area contributed by atoms with Gasteiger partial charge in [0.1, 0.15) is 6.04 Å². The molecule has 13 heteroatoms. The molecule has 0 spiro atoms. The highest BCUT2D eigenvalue weighted by atomic mass is 19.4. The van der Waals surface area contributed by atoms with Crippen molar-refractivity contribution < 1.29 is 32.7 Å². The fourth-order valence-electron chi connectivity index (χ4n) is 5.74. The average Bonchev–Trinajstić information content (AvgIpc) is 3.14. The van der Waals surface area contributed by atoms with E-state index in [4.69, 9.17) is 9.90 Å². The van der Waals surface area contributed by atoms with Crippen LogP contribution < -0.4 is 16.3 Å². The Morgan fingerprint density at radius 1 is 1.03 bits per heavy atom. The number of fused-ring (bicyclic) bond motifs is 1. The fourth-order valence-corrected chi connectivity index (χ4v) is 5.74. The van der Waals surface area contributed by atoms with E-state index in [1.807, 2.05) is 6.07 Å². The van der Waals surface area contributed by atoms with Gasteiger partial charge in [-0.15, -0.1) is 0 Å². The molecule has 1 aromatic carbocycles. The van der Waals surface area contributed by atoms with Gasteiger partial charge in [0.05, 0.1) is 11.0 Å². The van der Waals surface area contributed by atoms with Gasteiger partial charge in [-0.3, -0.25) is 24.0 Å². The number of hydrogen-bond acceptors (Lipinski definition) is 6. The quantitative estimate of drug-likeness (QED) is 0.496. The molecule has 3 aliphatic rings. The van der Waals surface area contributed by atoms with E-state index in [1.54, 1.807) is 16.2 Å². The molecule has 4 heterocycles. The van der Waals surface area contributed by atoms with Gasteiger partial charge in [-0.05, 0) is 87.8 Å². The highest BCUT2D eigenvalue weighted by Crippen LogP contribution is 2.32. The van der Waals surface area contributed by atoms with Crippen LogP contribution in [0.5, 0.6) is 0 Å². The lowest BCUT2D eigenvalue weighted by atomic mass is 9.88. The van der Waals surface area contributed by atoms with Crippen molar-refractivity contribution >= 4 is 28.8 Å². The number of amides is 2. The van der Waals surface area contributed by atoms with Gasteiger partial charge in [0.25, 0.3) is 0 Å². The molecule has 0 saturated carbocycles. The number of carbonyl (C=O) groups excluding carboxylic acids is 2. The maximum absolute atomic E-state index is 13.0. The zero-order valence-corrected chi connectivity index (χ0v) is 21.8. The molecule has 10 nitrogen and oxygen atoms in total. The number of alkyl halides is 3. The zero-order valence-electron chi connectivity index (χ0n) is 21.8. The fraction of sp³-hybridized carbons (Fsp3) is 0.615. The van der Waals surface area contributed by atoms with Gasteiger partial charge in [0.2, 0.25) is 11.8 Å².